The Balaban J connectivity index is 2.48. The van der Waals surface area contributed by atoms with Gasteiger partial charge in [-0.25, -0.2) is 0 Å². The summed E-state index contributed by atoms with van der Waals surface area (Å²) in [6.07, 6.45) is 0. The number of ether oxygens (including phenoxy) is 2. The summed E-state index contributed by atoms with van der Waals surface area (Å²) in [5.74, 6) is 1.47. The maximum absolute atomic E-state index is 12.9. The van der Waals surface area contributed by atoms with Gasteiger partial charge in [0.25, 0.3) is 0 Å². The van der Waals surface area contributed by atoms with Crippen LogP contribution in [-0.4, -0.2) is 20.0 Å². The maximum Gasteiger partial charge on any atom is 0.193 e. The largest absolute Gasteiger partial charge is 0.497 e. The van der Waals surface area contributed by atoms with E-state index >= 15 is 0 Å². The van der Waals surface area contributed by atoms with Gasteiger partial charge in [0.05, 0.1) is 14.2 Å². The van der Waals surface area contributed by atoms with Crippen molar-refractivity contribution in [2.45, 2.75) is 10.7 Å². The molecule has 0 N–H and O–H groups in total. The van der Waals surface area contributed by atoms with Crippen molar-refractivity contribution >= 4 is 37.6 Å². The van der Waals surface area contributed by atoms with Crippen molar-refractivity contribution < 1.29 is 14.3 Å². The lowest BCUT2D eigenvalue weighted by atomic mass is 9.96. The molecule has 0 radical (unpaired) electrons. The summed E-state index contributed by atoms with van der Waals surface area (Å²) < 4.78 is 10.4. The zero-order valence-corrected chi connectivity index (χ0v) is 15.5. The van der Waals surface area contributed by atoms with Crippen molar-refractivity contribution in [3.8, 4) is 11.5 Å². The van der Waals surface area contributed by atoms with E-state index in [1.165, 1.54) is 0 Å². The average molecular weight is 428 g/mol. The van der Waals surface area contributed by atoms with Crippen molar-refractivity contribution in [2.75, 3.05) is 14.2 Å². The molecule has 0 fully saturated rings. The fraction of sp³-hybridized carbons (Fsp3) is 0.235. The first kappa shape index (κ1) is 17.0. The summed E-state index contributed by atoms with van der Waals surface area (Å²) in [7, 11) is 3.22. The van der Waals surface area contributed by atoms with Crippen LogP contribution in [-0.2, 0) is 10.7 Å². The lowest BCUT2D eigenvalue weighted by Crippen LogP contribution is -2.08. The molecule has 2 aromatic carbocycles. The lowest BCUT2D eigenvalue weighted by Gasteiger charge is -2.12. The van der Waals surface area contributed by atoms with Crippen molar-refractivity contribution in [2.24, 2.45) is 0 Å². The van der Waals surface area contributed by atoms with Crippen LogP contribution >= 0.6 is 31.9 Å². The molecule has 2 aromatic rings. The first-order chi connectivity index (χ1) is 10.6. The number of carbonyl (C=O) groups is 1. The normalized spacial score (nSPS) is 10.4. The van der Waals surface area contributed by atoms with Crippen molar-refractivity contribution in [3.63, 3.8) is 0 Å². The molecular weight excluding hydrogens is 412 g/mol. The molecule has 0 aromatic heterocycles. The number of hydrogen-bond acceptors (Lipinski definition) is 3. The standard InChI is InChI=1S/C17H16Br2O3/c1-21-13-3-5-15(11(7-13)9-18)17(20)16-6-4-14(22-2)8-12(16)10-19/h3-8H,9-10H2,1-2H3. The average Bonchev–Trinajstić information content (AvgIpc) is 2.59. The van der Waals surface area contributed by atoms with E-state index in [2.05, 4.69) is 31.9 Å². The Bertz CT molecular complexity index is 626. The molecule has 0 heterocycles. The molecule has 0 aliphatic rings. The number of methoxy groups -OCH3 is 2. The number of benzene rings is 2. The molecule has 116 valence electrons. The van der Waals surface area contributed by atoms with Crippen LogP contribution in [0.4, 0.5) is 0 Å². The second-order valence-corrected chi connectivity index (χ2v) is 5.76. The predicted molar refractivity (Wildman–Crippen MR) is 94.7 cm³/mol. The smallest absolute Gasteiger partial charge is 0.193 e. The monoisotopic (exact) mass is 426 g/mol. The number of alkyl halides is 2. The summed E-state index contributed by atoms with van der Waals surface area (Å²) >= 11 is 6.87. The van der Waals surface area contributed by atoms with Gasteiger partial charge in [-0.3, -0.25) is 4.79 Å². The van der Waals surface area contributed by atoms with E-state index < -0.39 is 0 Å². The van der Waals surface area contributed by atoms with Gasteiger partial charge in [-0.05, 0) is 47.5 Å². The highest BCUT2D eigenvalue weighted by Crippen LogP contribution is 2.26. The second-order valence-electron chi connectivity index (χ2n) is 4.64. The Kier molecular flexibility index (Phi) is 6.03. The van der Waals surface area contributed by atoms with E-state index in [0.29, 0.717) is 21.8 Å². The Morgan fingerprint density at radius 3 is 1.59 bits per heavy atom. The minimum absolute atomic E-state index is 0.00536. The predicted octanol–water partition coefficient (Wildman–Crippen LogP) is 4.72. The van der Waals surface area contributed by atoms with Crippen molar-refractivity contribution in [1.82, 2.24) is 0 Å². The van der Waals surface area contributed by atoms with E-state index in [1.54, 1.807) is 38.5 Å². The molecule has 0 amide bonds. The van der Waals surface area contributed by atoms with Crippen LogP contribution in [0.1, 0.15) is 27.0 Å². The third-order valence-corrected chi connectivity index (χ3v) is 4.61. The highest BCUT2D eigenvalue weighted by molar-refractivity contribution is 9.08. The van der Waals surface area contributed by atoms with E-state index in [9.17, 15) is 4.79 Å². The first-order valence-electron chi connectivity index (χ1n) is 6.65. The molecule has 0 saturated carbocycles. The zero-order valence-electron chi connectivity index (χ0n) is 12.4. The van der Waals surface area contributed by atoms with E-state index in [4.69, 9.17) is 9.47 Å². The summed E-state index contributed by atoms with van der Waals surface area (Å²) in [6, 6.07) is 11.0. The molecule has 22 heavy (non-hydrogen) atoms. The van der Waals surface area contributed by atoms with Crippen molar-refractivity contribution in [1.29, 1.82) is 0 Å². The number of rotatable bonds is 6. The number of ketones is 1. The summed E-state index contributed by atoms with van der Waals surface area (Å²) in [4.78, 5) is 12.9. The summed E-state index contributed by atoms with van der Waals surface area (Å²) in [5, 5.41) is 1.18. The molecule has 0 aliphatic heterocycles. The van der Waals surface area contributed by atoms with Gasteiger partial charge < -0.3 is 9.47 Å². The van der Waals surface area contributed by atoms with Crippen LogP contribution in [0.3, 0.4) is 0 Å². The topological polar surface area (TPSA) is 35.5 Å². The Hall–Kier alpha value is -1.33. The zero-order chi connectivity index (χ0) is 16.1. The van der Waals surface area contributed by atoms with Crippen LogP contribution < -0.4 is 9.47 Å². The van der Waals surface area contributed by atoms with Gasteiger partial charge in [-0.1, -0.05) is 31.9 Å². The lowest BCUT2D eigenvalue weighted by molar-refractivity contribution is 0.103. The molecule has 0 aliphatic carbocycles. The van der Waals surface area contributed by atoms with Gasteiger partial charge in [-0.15, -0.1) is 0 Å². The summed E-state index contributed by atoms with van der Waals surface area (Å²) in [6.45, 7) is 0. The fourth-order valence-electron chi connectivity index (χ4n) is 2.20. The van der Waals surface area contributed by atoms with Gasteiger partial charge in [0.1, 0.15) is 11.5 Å². The van der Waals surface area contributed by atoms with E-state index in [1.807, 2.05) is 12.1 Å². The molecule has 0 spiro atoms. The minimum Gasteiger partial charge on any atom is -0.497 e. The summed E-state index contributed by atoms with van der Waals surface area (Å²) in [5.41, 5.74) is 3.15. The van der Waals surface area contributed by atoms with Gasteiger partial charge in [0, 0.05) is 21.8 Å². The highest BCUT2D eigenvalue weighted by atomic mass is 79.9. The highest BCUT2D eigenvalue weighted by Gasteiger charge is 2.17. The van der Waals surface area contributed by atoms with Crippen molar-refractivity contribution in [3.05, 3.63) is 58.7 Å². The maximum atomic E-state index is 12.9. The second kappa shape index (κ2) is 7.79. The Morgan fingerprint density at radius 1 is 0.864 bits per heavy atom. The van der Waals surface area contributed by atoms with Gasteiger partial charge >= 0.3 is 0 Å². The van der Waals surface area contributed by atoms with Gasteiger partial charge in [0.2, 0.25) is 0 Å². The molecule has 0 saturated heterocycles. The quantitative estimate of drug-likeness (QED) is 0.494. The van der Waals surface area contributed by atoms with E-state index in [0.717, 1.165) is 22.6 Å². The van der Waals surface area contributed by atoms with Crippen LogP contribution in [0.15, 0.2) is 36.4 Å². The Morgan fingerprint density at radius 2 is 1.27 bits per heavy atom. The van der Waals surface area contributed by atoms with Crippen LogP contribution in [0.2, 0.25) is 0 Å². The van der Waals surface area contributed by atoms with Gasteiger partial charge in [0.15, 0.2) is 5.78 Å². The Labute approximate surface area is 146 Å². The first-order valence-corrected chi connectivity index (χ1v) is 8.89. The third-order valence-electron chi connectivity index (χ3n) is 3.40. The van der Waals surface area contributed by atoms with Crippen LogP contribution in [0.5, 0.6) is 11.5 Å². The molecular formula is C17H16Br2O3. The van der Waals surface area contributed by atoms with Crippen LogP contribution in [0, 0.1) is 0 Å². The molecule has 5 heteroatoms. The van der Waals surface area contributed by atoms with E-state index in [-0.39, 0.29) is 5.78 Å². The molecule has 2 rings (SSSR count). The molecule has 0 unspecified atom stereocenters. The van der Waals surface area contributed by atoms with Gasteiger partial charge in [-0.2, -0.15) is 0 Å². The number of hydrogen-bond donors (Lipinski definition) is 0. The fourth-order valence-corrected chi connectivity index (χ4v) is 3.13. The molecule has 3 nitrogen and oxygen atoms in total. The number of carbonyl (C=O) groups excluding carboxylic acids is 1. The molecule has 0 bridgehead atoms. The molecule has 0 atom stereocenters. The SMILES string of the molecule is COc1ccc(C(=O)c2ccc(OC)cc2CBr)c(CBr)c1. The number of halogens is 2. The minimum atomic E-state index is -0.00536. The van der Waals surface area contributed by atoms with Crippen LogP contribution in [0.25, 0.3) is 0 Å². The third kappa shape index (κ3) is 3.52.